The lowest BCUT2D eigenvalue weighted by Crippen LogP contribution is -2.17. The number of aliphatic hydroxyl groups is 1. The topological polar surface area (TPSA) is 50.1 Å². The van der Waals surface area contributed by atoms with Gasteiger partial charge in [-0.25, -0.2) is 4.68 Å². The summed E-state index contributed by atoms with van der Waals surface area (Å²) in [4.78, 5) is 0. The molecule has 0 aliphatic heterocycles. The Morgan fingerprint density at radius 3 is 2.58 bits per heavy atom. The summed E-state index contributed by atoms with van der Waals surface area (Å²) in [5.41, 5.74) is 6.77. The predicted molar refractivity (Wildman–Crippen MR) is 97.3 cm³/mol. The summed E-state index contributed by atoms with van der Waals surface area (Å²) in [6, 6.07) is 16.6. The third kappa shape index (κ3) is 3.55. The summed E-state index contributed by atoms with van der Waals surface area (Å²) in [5.74, 6) is 0. The van der Waals surface area contributed by atoms with Crippen LogP contribution in [-0.2, 0) is 6.54 Å². The third-order valence-electron chi connectivity index (χ3n) is 4.05. The predicted octanol–water partition coefficient (Wildman–Crippen LogP) is 3.24. The number of para-hydroxylation sites is 1. The molecular formula is C20H23N3O. The van der Waals surface area contributed by atoms with Crippen molar-refractivity contribution in [2.24, 2.45) is 0 Å². The average Bonchev–Trinajstić information content (AvgIpc) is 3.00. The highest BCUT2D eigenvalue weighted by Crippen LogP contribution is 2.27. The van der Waals surface area contributed by atoms with Gasteiger partial charge in [0, 0.05) is 30.4 Å². The van der Waals surface area contributed by atoms with E-state index in [0.717, 1.165) is 22.5 Å². The molecule has 2 aromatic carbocycles. The van der Waals surface area contributed by atoms with E-state index in [4.69, 9.17) is 10.2 Å². The van der Waals surface area contributed by atoms with Crippen molar-refractivity contribution in [2.45, 2.75) is 20.4 Å². The van der Waals surface area contributed by atoms with Gasteiger partial charge in [0.15, 0.2) is 0 Å². The van der Waals surface area contributed by atoms with E-state index in [9.17, 15) is 0 Å². The Morgan fingerprint density at radius 2 is 1.88 bits per heavy atom. The Kier molecular flexibility index (Phi) is 5.08. The number of nitrogens with one attached hydrogen (secondary N) is 1. The number of aryl methyl sites for hydroxylation is 2. The molecule has 3 rings (SSSR count). The molecule has 1 heterocycles. The first-order chi connectivity index (χ1) is 11.7. The fourth-order valence-corrected chi connectivity index (χ4v) is 2.86. The third-order valence-corrected chi connectivity index (χ3v) is 4.05. The maximum Gasteiger partial charge on any atom is 0.0975 e. The largest absolute Gasteiger partial charge is 0.395 e. The highest BCUT2D eigenvalue weighted by Gasteiger charge is 2.14. The lowest BCUT2D eigenvalue weighted by molar-refractivity contribution is 0.292. The molecule has 124 valence electrons. The van der Waals surface area contributed by atoms with E-state index in [1.165, 1.54) is 11.1 Å². The van der Waals surface area contributed by atoms with Crippen LogP contribution in [0.3, 0.4) is 0 Å². The van der Waals surface area contributed by atoms with Gasteiger partial charge in [0.05, 0.1) is 18.0 Å². The van der Waals surface area contributed by atoms with Crippen molar-refractivity contribution < 1.29 is 5.11 Å². The molecule has 0 bridgehead atoms. The molecule has 1 aromatic heterocycles. The normalized spacial score (nSPS) is 11.0. The second-order valence-electron chi connectivity index (χ2n) is 6.00. The van der Waals surface area contributed by atoms with Crippen LogP contribution in [0.15, 0.2) is 54.7 Å². The van der Waals surface area contributed by atoms with Crippen LogP contribution in [0, 0.1) is 13.8 Å². The van der Waals surface area contributed by atoms with Gasteiger partial charge in [0.25, 0.3) is 0 Å². The Labute approximate surface area is 142 Å². The van der Waals surface area contributed by atoms with Crippen LogP contribution in [-0.4, -0.2) is 28.0 Å². The van der Waals surface area contributed by atoms with E-state index >= 15 is 0 Å². The van der Waals surface area contributed by atoms with Gasteiger partial charge >= 0.3 is 0 Å². The molecule has 0 fully saturated rings. The molecule has 0 aliphatic carbocycles. The number of nitrogens with zero attached hydrogens (tertiary/aromatic N) is 2. The molecule has 0 radical (unpaired) electrons. The first kappa shape index (κ1) is 16.4. The van der Waals surface area contributed by atoms with Crippen LogP contribution in [0.5, 0.6) is 0 Å². The van der Waals surface area contributed by atoms with E-state index in [2.05, 4.69) is 43.6 Å². The molecule has 0 aliphatic rings. The van der Waals surface area contributed by atoms with E-state index in [0.29, 0.717) is 13.1 Å². The van der Waals surface area contributed by atoms with Gasteiger partial charge in [0.2, 0.25) is 0 Å². The standard InChI is InChI=1S/C20H23N3O/c1-15-8-9-19(16(2)12-15)20-17(13-21-10-11-24)14-23(22-20)18-6-4-3-5-7-18/h3-9,12,14,21,24H,10-11,13H2,1-2H3. The van der Waals surface area contributed by atoms with Gasteiger partial charge in [-0.2, -0.15) is 5.10 Å². The smallest absolute Gasteiger partial charge is 0.0975 e. The van der Waals surface area contributed by atoms with Crippen molar-refractivity contribution in [3.63, 3.8) is 0 Å². The molecule has 0 amide bonds. The number of aliphatic hydroxyl groups excluding tert-OH is 1. The van der Waals surface area contributed by atoms with Gasteiger partial charge in [-0.05, 0) is 31.5 Å². The summed E-state index contributed by atoms with van der Waals surface area (Å²) < 4.78 is 1.92. The van der Waals surface area contributed by atoms with Crippen LogP contribution < -0.4 is 5.32 Å². The number of rotatable bonds is 6. The van der Waals surface area contributed by atoms with Gasteiger partial charge in [-0.15, -0.1) is 0 Å². The van der Waals surface area contributed by atoms with Crippen LogP contribution in [0.1, 0.15) is 16.7 Å². The number of aromatic nitrogens is 2. The Balaban J connectivity index is 2.03. The minimum absolute atomic E-state index is 0.131. The highest BCUT2D eigenvalue weighted by atomic mass is 16.3. The second-order valence-corrected chi connectivity index (χ2v) is 6.00. The zero-order valence-electron chi connectivity index (χ0n) is 14.2. The molecule has 24 heavy (non-hydrogen) atoms. The maximum atomic E-state index is 9.01. The molecule has 0 atom stereocenters. The SMILES string of the molecule is Cc1ccc(-c2nn(-c3ccccc3)cc2CNCCO)c(C)c1. The maximum absolute atomic E-state index is 9.01. The molecule has 0 saturated carbocycles. The van der Waals surface area contributed by atoms with Crippen molar-refractivity contribution in [2.75, 3.05) is 13.2 Å². The average molecular weight is 321 g/mol. The number of benzene rings is 2. The summed E-state index contributed by atoms with van der Waals surface area (Å²) in [5, 5.41) is 17.1. The van der Waals surface area contributed by atoms with E-state index < -0.39 is 0 Å². The van der Waals surface area contributed by atoms with E-state index in [1.54, 1.807) is 0 Å². The van der Waals surface area contributed by atoms with Crippen molar-refractivity contribution in [3.8, 4) is 16.9 Å². The highest BCUT2D eigenvalue weighted by molar-refractivity contribution is 5.67. The van der Waals surface area contributed by atoms with Crippen molar-refractivity contribution in [1.82, 2.24) is 15.1 Å². The minimum atomic E-state index is 0.131. The van der Waals surface area contributed by atoms with Gasteiger partial charge in [-0.3, -0.25) is 0 Å². The van der Waals surface area contributed by atoms with E-state index in [1.807, 2.05) is 35.0 Å². The van der Waals surface area contributed by atoms with Gasteiger partial charge in [-0.1, -0.05) is 42.0 Å². The van der Waals surface area contributed by atoms with Crippen LogP contribution in [0.25, 0.3) is 16.9 Å². The van der Waals surface area contributed by atoms with Crippen molar-refractivity contribution in [1.29, 1.82) is 0 Å². The number of hydrogen-bond donors (Lipinski definition) is 2. The Hall–Kier alpha value is -2.43. The number of hydrogen-bond acceptors (Lipinski definition) is 3. The molecule has 0 saturated heterocycles. The molecule has 0 spiro atoms. The summed E-state index contributed by atoms with van der Waals surface area (Å²) >= 11 is 0. The van der Waals surface area contributed by atoms with Crippen molar-refractivity contribution in [3.05, 3.63) is 71.4 Å². The summed E-state index contributed by atoms with van der Waals surface area (Å²) in [7, 11) is 0. The zero-order chi connectivity index (χ0) is 16.9. The molecule has 0 unspecified atom stereocenters. The van der Waals surface area contributed by atoms with Crippen molar-refractivity contribution >= 4 is 0 Å². The molecular weight excluding hydrogens is 298 g/mol. The van der Waals surface area contributed by atoms with Crippen LogP contribution >= 0.6 is 0 Å². The zero-order valence-corrected chi connectivity index (χ0v) is 14.2. The first-order valence-electron chi connectivity index (χ1n) is 8.22. The molecule has 4 heteroatoms. The van der Waals surface area contributed by atoms with E-state index in [-0.39, 0.29) is 6.61 Å². The Morgan fingerprint density at radius 1 is 1.08 bits per heavy atom. The Bertz CT molecular complexity index is 809. The first-order valence-corrected chi connectivity index (χ1v) is 8.22. The summed E-state index contributed by atoms with van der Waals surface area (Å²) in [6.45, 7) is 5.60. The molecule has 3 aromatic rings. The lowest BCUT2D eigenvalue weighted by Gasteiger charge is -2.07. The van der Waals surface area contributed by atoms with Gasteiger partial charge in [0.1, 0.15) is 0 Å². The monoisotopic (exact) mass is 321 g/mol. The molecule has 4 nitrogen and oxygen atoms in total. The fourth-order valence-electron chi connectivity index (χ4n) is 2.86. The van der Waals surface area contributed by atoms with Crippen LogP contribution in [0.2, 0.25) is 0 Å². The lowest BCUT2D eigenvalue weighted by atomic mass is 10.0. The second kappa shape index (κ2) is 7.43. The quantitative estimate of drug-likeness (QED) is 0.685. The fraction of sp³-hybridized carbons (Fsp3) is 0.250. The van der Waals surface area contributed by atoms with Gasteiger partial charge < -0.3 is 10.4 Å². The summed E-state index contributed by atoms with van der Waals surface area (Å²) in [6.07, 6.45) is 2.06. The molecule has 2 N–H and O–H groups in total. The minimum Gasteiger partial charge on any atom is -0.395 e. The van der Waals surface area contributed by atoms with Crippen LogP contribution in [0.4, 0.5) is 0 Å².